The quantitative estimate of drug-likeness (QED) is 0.0625. The van der Waals surface area contributed by atoms with Gasteiger partial charge in [-0.15, -0.1) is 0 Å². The first kappa shape index (κ1) is 38.3. The van der Waals surface area contributed by atoms with Crippen LogP contribution in [0.1, 0.15) is 124 Å². The fraction of sp³-hybridized carbons (Fsp3) is 0.824. The number of unbranched alkanes of at least 4 members (excludes halogenated alkanes) is 8. The lowest BCUT2D eigenvalue weighted by Gasteiger charge is -2.19. The van der Waals surface area contributed by atoms with Crippen LogP contribution in [0.5, 0.6) is 0 Å². The molecule has 0 radical (unpaired) electrons. The first-order valence-electron chi connectivity index (χ1n) is 16.5. The molecule has 1 rings (SSSR count). The molecule has 0 aromatic rings. The van der Waals surface area contributed by atoms with E-state index in [2.05, 4.69) is 20.8 Å². The Balaban J connectivity index is 2.18. The van der Waals surface area contributed by atoms with Crippen molar-refractivity contribution >= 4 is 11.9 Å². The number of aliphatic hydroxyl groups is 4. The second-order valence-electron chi connectivity index (χ2n) is 12.4. The second kappa shape index (κ2) is 23.7. The molecule has 6 atom stereocenters. The lowest BCUT2D eigenvalue weighted by Crippen LogP contribution is -2.25. The van der Waals surface area contributed by atoms with Crippen LogP contribution in [0.15, 0.2) is 24.3 Å². The molecule has 0 heterocycles. The van der Waals surface area contributed by atoms with E-state index in [0.29, 0.717) is 19.3 Å². The van der Waals surface area contributed by atoms with Gasteiger partial charge in [-0.2, -0.15) is 0 Å². The SMILES string of the molecule is CCCCC[C@@H](O)/C=C/[C@@H]1[C@H](C/C=C\CC(=O)OC[C@H](O)COC(=O)CCCCCCCCCC(C)C)[C@@H](O)C[C@H]1O. The molecular weight excluding hydrogens is 536 g/mol. The Morgan fingerprint density at radius 1 is 0.810 bits per heavy atom. The summed E-state index contributed by atoms with van der Waals surface area (Å²) < 4.78 is 10.2. The van der Waals surface area contributed by atoms with Crippen LogP contribution >= 0.6 is 0 Å². The van der Waals surface area contributed by atoms with Crippen LogP contribution in [0.25, 0.3) is 0 Å². The van der Waals surface area contributed by atoms with Gasteiger partial charge in [-0.3, -0.25) is 9.59 Å². The highest BCUT2D eigenvalue weighted by Crippen LogP contribution is 2.36. The van der Waals surface area contributed by atoms with E-state index in [0.717, 1.165) is 44.4 Å². The van der Waals surface area contributed by atoms with Crippen LogP contribution in [0.2, 0.25) is 0 Å². The number of allylic oxidation sites excluding steroid dienone is 1. The fourth-order valence-corrected chi connectivity index (χ4v) is 5.36. The molecule has 0 spiro atoms. The molecule has 1 aliphatic carbocycles. The maximum absolute atomic E-state index is 12.0. The van der Waals surface area contributed by atoms with Crippen molar-refractivity contribution in [3.63, 3.8) is 0 Å². The molecule has 0 aliphatic heterocycles. The number of esters is 2. The van der Waals surface area contributed by atoms with E-state index in [1.54, 1.807) is 18.2 Å². The Morgan fingerprint density at radius 3 is 2.10 bits per heavy atom. The number of aliphatic hydroxyl groups excluding tert-OH is 4. The minimum absolute atomic E-state index is 0.00620. The van der Waals surface area contributed by atoms with E-state index in [1.165, 1.54) is 32.1 Å². The van der Waals surface area contributed by atoms with Crippen molar-refractivity contribution in [2.45, 2.75) is 148 Å². The minimum Gasteiger partial charge on any atom is -0.463 e. The summed E-state index contributed by atoms with van der Waals surface area (Å²) in [6, 6.07) is 0. The van der Waals surface area contributed by atoms with Crippen molar-refractivity contribution in [2.75, 3.05) is 13.2 Å². The Kier molecular flexibility index (Phi) is 21.6. The number of ether oxygens (including phenoxy) is 2. The van der Waals surface area contributed by atoms with Gasteiger partial charge in [0.2, 0.25) is 0 Å². The summed E-state index contributed by atoms with van der Waals surface area (Å²) in [6.45, 7) is 6.16. The number of rotatable bonds is 24. The highest BCUT2D eigenvalue weighted by Gasteiger charge is 2.39. The van der Waals surface area contributed by atoms with Crippen LogP contribution in [-0.2, 0) is 19.1 Å². The summed E-state index contributed by atoms with van der Waals surface area (Å²) in [6.07, 6.45) is 18.0. The van der Waals surface area contributed by atoms with Gasteiger partial charge in [0.1, 0.15) is 19.3 Å². The molecule has 1 saturated carbocycles. The van der Waals surface area contributed by atoms with Crippen LogP contribution < -0.4 is 0 Å². The third-order valence-electron chi connectivity index (χ3n) is 7.97. The van der Waals surface area contributed by atoms with Gasteiger partial charge in [0.15, 0.2) is 0 Å². The Bertz CT molecular complexity index is 765. The van der Waals surface area contributed by atoms with Gasteiger partial charge in [-0.05, 0) is 31.1 Å². The van der Waals surface area contributed by atoms with E-state index in [4.69, 9.17) is 9.47 Å². The zero-order valence-corrected chi connectivity index (χ0v) is 26.5. The lowest BCUT2D eigenvalue weighted by atomic mass is 9.89. The number of hydrogen-bond donors (Lipinski definition) is 4. The normalized spacial score (nSPS) is 22.3. The van der Waals surface area contributed by atoms with Gasteiger partial charge in [0.25, 0.3) is 0 Å². The smallest absolute Gasteiger partial charge is 0.309 e. The fourth-order valence-electron chi connectivity index (χ4n) is 5.36. The summed E-state index contributed by atoms with van der Waals surface area (Å²) in [5.41, 5.74) is 0. The van der Waals surface area contributed by atoms with Crippen molar-refractivity contribution in [1.29, 1.82) is 0 Å². The molecule has 0 saturated heterocycles. The summed E-state index contributed by atoms with van der Waals surface area (Å²) in [5.74, 6) is -0.562. The lowest BCUT2D eigenvalue weighted by molar-refractivity contribution is -0.151. The molecule has 0 amide bonds. The maximum Gasteiger partial charge on any atom is 0.309 e. The van der Waals surface area contributed by atoms with Crippen LogP contribution in [0.4, 0.5) is 0 Å². The number of hydrogen-bond acceptors (Lipinski definition) is 8. The van der Waals surface area contributed by atoms with Gasteiger partial charge in [0.05, 0.1) is 24.7 Å². The first-order chi connectivity index (χ1) is 20.1. The summed E-state index contributed by atoms with van der Waals surface area (Å²) >= 11 is 0. The first-order valence-corrected chi connectivity index (χ1v) is 16.5. The summed E-state index contributed by atoms with van der Waals surface area (Å²) in [7, 11) is 0. The third kappa shape index (κ3) is 18.7. The van der Waals surface area contributed by atoms with Gasteiger partial charge < -0.3 is 29.9 Å². The van der Waals surface area contributed by atoms with Crippen molar-refractivity contribution in [2.24, 2.45) is 17.8 Å². The average molecular weight is 597 g/mol. The molecule has 4 N–H and O–H groups in total. The molecule has 0 unspecified atom stereocenters. The largest absolute Gasteiger partial charge is 0.463 e. The van der Waals surface area contributed by atoms with Gasteiger partial charge in [-0.25, -0.2) is 0 Å². The Hall–Kier alpha value is -1.74. The zero-order chi connectivity index (χ0) is 31.2. The van der Waals surface area contributed by atoms with Crippen LogP contribution in [0, 0.1) is 17.8 Å². The maximum atomic E-state index is 12.0. The van der Waals surface area contributed by atoms with Crippen molar-refractivity contribution in [1.82, 2.24) is 0 Å². The van der Waals surface area contributed by atoms with Gasteiger partial charge in [-0.1, -0.05) is 109 Å². The Labute approximate surface area is 254 Å². The average Bonchev–Trinajstić information content (AvgIpc) is 3.22. The monoisotopic (exact) mass is 596 g/mol. The Morgan fingerprint density at radius 2 is 1.43 bits per heavy atom. The van der Waals surface area contributed by atoms with E-state index in [-0.39, 0.29) is 43.9 Å². The molecule has 1 aliphatic rings. The van der Waals surface area contributed by atoms with Crippen LogP contribution in [0.3, 0.4) is 0 Å². The van der Waals surface area contributed by atoms with Gasteiger partial charge >= 0.3 is 11.9 Å². The van der Waals surface area contributed by atoms with E-state index in [1.807, 2.05) is 6.08 Å². The predicted molar refractivity (Wildman–Crippen MR) is 166 cm³/mol. The van der Waals surface area contributed by atoms with Gasteiger partial charge in [0, 0.05) is 18.8 Å². The van der Waals surface area contributed by atoms with E-state index < -0.39 is 30.4 Å². The molecule has 0 aromatic carbocycles. The van der Waals surface area contributed by atoms with Crippen molar-refractivity contribution < 1.29 is 39.5 Å². The molecular formula is C34H60O8. The summed E-state index contributed by atoms with van der Waals surface area (Å²) in [5, 5.41) is 40.9. The number of carbonyl (C=O) groups excluding carboxylic acids is 2. The van der Waals surface area contributed by atoms with Crippen molar-refractivity contribution in [3.05, 3.63) is 24.3 Å². The molecule has 42 heavy (non-hydrogen) atoms. The standard InChI is InChI=1S/C34H60O8/c1-4-5-11-17-27(35)21-22-30-29(31(37)23-32(30)38)18-14-15-20-34(40)42-25-28(36)24-41-33(39)19-13-10-8-6-7-9-12-16-26(2)3/h14-15,21-22,26-32,35-38H,4-13,16-20,23-25H2,1-3H3/b15-14-,22-21+/t27-,28-,29+,30-,31+,32-/m1/s1. The van der Waals surface area contributed by atoms with E-state index >= 15 is 0 Å². The minimum atomic E-state index is -1.08. The topological polar surface area (TPSA) is 134 Å². The second-order valence-corrected chi connectivity index (χ2v) is 12.4. The molecule has 244 valence electrons. The zero-order valence-electron chi connectivity index (χ0n) is 26.5. The van der Waals surface area contributed by atoms with Crippen LogP contribution in [-0.4, -0.2) is 70.0 Å². The third-order valence-corrected chi connectivity index (χ3v) is 7.97. The molecule has 1 fully saturated rings. The highest BCUT2D eigenvalue weighted by atomic mass is 16.6. The van der Waals surface area contributed by atoms with Crippen molar-refractivity contribution in [3.8, 4) is 0 Å². The molecule has 8 heteroatoms. The highest BCUT2D eigenvalue weighted by molar-refractivity contribution is 5.71. The molecule has 0 aromatic heterocycles. The van der Waals surface area contributed by atoms with E-state index in [9.17, 15) is 30.0 Å². The number of carbonyl (C=O) groups is 2. The summed E-state index contributed by atoms with van der Waals surface area (Å²) in [4.78, 5) is 23.9. The molecule has 8 nitrogen and oxygen atoms in total. The molecule has 0 bridgehead atoms. The predicted octanol–water partition coefficient (Wildman–Crippen LogP) is 5.79.